The second-order valence-electron chi connectivity index (χ2n) is 26.8. The molecule has 456 valence electrons. The van der Waals surface area contributed by atoms with Crippen LogP contribution in [0.3, 0.4) is 0 Å². The predicted molar refractivity (Wildman–Crippen MR) is 405 cm³/mol. The van der Waals surface area contributed by atoms with Crippen molar-refractivity contribution >= 4 is 87.2 Å². The fourth-order valence-electron chi connectivity index (χ4n) is 18.6. The van der Waals surface area contributed by atoms with Crippen LogP contribution in [0.1, 0.15) is 97.3 Å². The average molecular weight is 1250 g/mol. The monoisotopic (exact) mass is 1250 g/mol. The smallest absolute Gasteiger partial charge is 0.0645 e. The van der Waals surface area contributed by atoms with E-state index in [0.717, 1.165) is 44.2 Å². The zero-order valence-electron chi connectivity index (χ0n) is 58.0. The molecule has 0 saturated heterocycles. The third-order valence-corrected chi connectivity index (χ3v) is 22.3. The fraction of sp³-hybridized carbons (Fsp3) is 0.0426. The van der Waals surface area contributed by atoms with Crippen LogP contribution in [-0.4, -0.2) is 18.3 Å². The lowest BCUT2D eigenvalue weighted by molar-refractivity contribution is 0.761. The molecule has 98 heavy (non-hydrogen) atoms. The van der Waals surface area contributed by atoms with E-state index in [1.165, 1.54) is 138 Å². The fourth-order valence-corrected chi connectivity index (χ4v) is 18.6. The van der Waals surface area contributed by atoms with Gasteiger partial charge in [-0.3, -0.25) is 0 Å². The summed E-state index contributed by atoms with van der Waals surface area (Å²) in [6, 6.07) is 111. The Labute approximate surface area is 573 Å². The molecule has 15 aromatic carbocycles. The average Bonchev–Trinajstić information content (AvgIpc) is 1.67. The highest BCUT2D eigenvalue weighted by molar-refractivity contribution is 6.20. The summed E-state index contributed by atoms with van der Waals surface area (Å²) < 4.78 is 52.2. The number of aromatic nitrogens is 4. The highest BCUT2D eigenvalue weighted by Gasteiger charge is 2.44. The van der Waals surface area contributed by atoms with Crippen LogP contribution in [0.5, 0.6) is 0 Å². The van der Waals surface area contributed by atoms with Gasteiger partial charge in [0, 0.05) is 78.1 Å². The van der Waals surface area contributed by atoms with Crippen LogP contribution in [0.2, 0.25) is 0 Å². The summed E-state index contributed by atoms with van der Waals surface area (Å²) in [4.78, 5) is 0. The molecule has 6 aliphatic carbocycles. The quantitative estimate of drug-likeness (QED) is 0.164. The van der Waals surface area contributed by atoms with E-state index in [0.29, 0.717) is 0 Å². The third kappa shape index (κ3) is 7.27. The van der Waals surface area contributed by atoms with Crippen molar-refractivity contribution in [3.05, 3.63) is 406 Å². The van der Waals surface area contributed by atoms with Crippen molar-refractivity contribution in [1.29, 1.82) is 0 Å². The first-order valence-corrected chi connectivity index (χ1v) is 34.1. The summed E-state index contributed by atoms with van der Waals surface area (Å²) in [7, 11) is 0. The first-order valence-electron chi connectivity index (χ1n) is 36.6. The van der Waals surface area contributed by atoms with Gasteiger partial charge in [0.05, 0.1) is 62.4 Å². The van der Waals surface area contributed by atoms with E-state index in [4.69, 9.17) is 6.85 Å². The highest BCUT2D eigenvalue weighted by Crippen LogP contribution is 2.61. The summed E-state index contributed by atoms with van der Waals surface area (Å²) in [5.74, 6) is 0.727. The molecule has 4 heterocycles. The van der Waals surface area contributed by atoms with Crippen molar-refractivity contribution in [3.8, 4) is 33.9 Å². The standard InChI is InChI=1S/C50H32N2.C44H28N2/c1-2-13-31(14-3-1)32-25-27-33(28-26-32)51-41-21-10-8-19-38(41)48-43(51)23-12-24-44(48)52-42-22-11-9-20-39(42)49-45(52)30-29-40-46-34-15-4-6-17-36(34)47(50(40)49)37-18-7-5-16-35(37)46;1-2-13-27(14-3-1)45-35-21-10-8-19-32(35)42-37(45)23-12-24-38(42)46-36-22-11-9-20-33(36)43-39(46)26-25-34-40-28-15-4-6-17-30(28)41(44(34)43)31-18-7-5-16-29(31)40/h1-30,46-47H;1-26,40-41H/i;1D,2D,3D,13D,14D. The van der Waals surface area contributed by atoms with Crippen molar-refractivity contribution in [2.45, 2.75) is 23.7 Å². The van der Waals surface area contributed by atoms with Gasteiger partial charge in [-0.15, -0.1) is 0 Å². The number of fused-ring (bicyclic) bond motifs is 12. The molecule has 4 heteroatoms. The molecule has 25 rings (SSSR count). The van der Waals surface area contributed by atoms with E-state index in [2.05, 4.69) is 293 Å². The maximum Gasteiger partial charge on any atom is 0.0645 e. The number of hydrogen-bond acceptors (Lipinski definition) is 0. The van der Waals surface area contributed by atoms with Crippen LogP contribution < -0.4 is 0 Å². The van der Waals surface area contributed by atoms with Crippen molar-refractivity contribution in [2.75, 3.05) is 0 Å². The van der Waals surface area contributed by atoms with Crippen molar-refractivity contribution in [1.82, 2.24) is 18.3 Å². The molecule has 0 N–H and O–H groups in total. The third-order valence-electron chi connectivity index (χ3n) is 22.3. The Bertz CT molecular complexity index is 6790. The van der Waals surface area contributed by atoms with E-state index in [1.54, 1.807) is 0 Å². The molecular weight excluding hydrogens is 1190 g/mol. The van der Waals surface area contributed by atoms with Crippen molar-refractivity contribution in [2.24, 2.45) is 0 Å². The number of rotatable bonds is 5. The van der Waals surface area contributed by atoms with E-state index >= 15 is 0 Å². The summed E-state index contributed by atoms with van der Waals surface area (Å²) >= 11 is 0. The molecule has 6 aliphatic rings. The molecule has 4 nitrogen and oxygen atoms in total. The molecule has 0 unspecified atom stereocenters. The molecule has 0 atom stereocenters. The Morgan fingerprint density at radius 2 is 0.520 bits per heavy atom. The maximum atomic E-state index is 8.91. The minimum absolute atomic E-state index is 0.113. The van der Waals surface area contributed by atoms with Gasteiger partial charge in [0.1, 0.15) is 0 Å². The van der Waals surface area contributed by atoms with Crippen molar-refractivity contribution < 1.29 is 6.85 Å². The van der Waals surface area contributed by atoms with Gasteiger partial charge >= 0.3 is 0 Å². The molecule has 4 aromatic heterocycles. The molecule has 4 bridgehead atoms. The first kappa shape index (κ1) is 49.1. The van der Waals surface area contributed by atoms with Crippen LogP contribution in [0.25, 0.3) is 121 Å². The van der Waals surface area contributed by atoms with Crippen LogP contribution in [0.4, 0.5) is 0 Å². The summed E-state index contributed by atoms with van der Waals surface area (Å²) in [5, 5.41) is 9.57. The lowest BCUT2D eigenvalue weighted by atomic mass is 9.60. The zero-order chi connectivity index (χ0) is 68.2. The number of hydrogen-bond donors (Lipinski definition) is 0. The van der Waals surface area contributed by atoms with Crippen LogP contribution in [-0.2, 0) is 0 Å². The summed E-state index contributed by atoms with van der Waals surface area (Å²) in [6.07, 6.45) is 0. The van der Waals surface area contributed by atoms with Gasteiger partial charge in [0.2, 0.25) is 0 Å². The van der Waals surface area contributed by atoms with Gasteiger partial charge in [0.15, 0.2) is 0 Å². The molecule has 0 spiro atoms. The van der Waals surface area contributed by atoms with Gasteiger partial charge in [-0.1, -0.05) is 255 Å². The first-order chi connectivity index (χ1) is 50.8. The second kappa shape index (κ2) is 20.5. The number of para-hydroxylation sites is 5. The maximum absolute atomic E-state index is 8.91. The largest absolute Gasteiger partial charge is 0.309 e. The minimum Gasteiger partial charge on any atom is -0.309 e. The Morgan fingerprint density at radius 3 is 0.939 bits per heavy atom. The highest BCUT2D eigenvalue weighted by atomic mass is 15.0. The molecule has 0 amide bonds. The van der Waals surface area contributed by atoms with Crippen LogP contribution in [0.15, 0.2) is 340 Å². The van der Waals surface area contributed by atoms with Crippen LogP contribution >= 0.6 is 0 Å². The molecule has 0 radical (unpaired) electrons. The molecule has 19 aromatic rings. The normalized spacial score (nSPS) is 16.7. The van der Waals surface area contributed by atoms with E-state index in [9.17, 15) is 0 Å². The Morgan fingerprint density at radius 1 is 0.204 bits per heavy atom. The van der Waals surface area contributed by atoms with Gasteiger partial charge in [-0.2, -0.15) is 0 Å². The molecule has 0 aliphatic heterocycles. The Hall–Kier alpha value is -12.5. The lowest BCUT2D eigenvalue weighted by Gasteiger charge is -2.42. The molecule has 0 saturated carbocycles. The van der Waals surface area contributed by atoms with Gasteiger partial charge in [-0.05, 0) is 163 Å². The number of nitrogens with zero attached hydrogens (tertiary/aromatic N) is 4. The topological polar surface area (TPSA) is 19.7 Å². The lowest BCUT2D eigenvalue weighted by Crippen LogP contribution is -2.27. The minimum atomic E-state index is -0.400. The number of benzene rings is 15. The van der Waals surface area contributed by atoms with Gasteiger partial charge in [0.25, 0.3) is 0 Å². The van der Waals surface area contributed by atoms with Crippen molar-refractivity contribution in [3.63, 3.8) is 0 Å². The van der Waals surface area contributed by atoms with E-state index in [1.807, 2.05) is 34.9 Å². The molecule has 0 fully saturated rings. The van der Waals surface area contributed by atoms with E-state index < -0.39 is 6.04 Å². The Kier molecular flexibility index (Phi) is 10.3. The van der Waals surface area contributed by atoms with Gasteiger partial charge < -0.3 is 18.3 Å². The SMILES string of the molecule is [2H]c1c([2H])c([2H])c(-n2c3ccccc3c3c(-n4c5ccccc5c5c6c(ccc54)C4c5ccccc5C6c5ccccc54)cccc32)c([2H])c1[2H].c1ccc(-c2ccc(-n3c4ccccc4c4c(-n5c6ccccc6c6c7c(ccc65)C5c6ccccc6C7c6ccccc65)cccc43)cc2)cc1. The second-order valence-corrected chi connectivity index (χ2v) is 26.8. The summed E-state index contributed by atoms with van der Waals surface area (Å²) in [5.41, 5.74) is 31.6. The van der Waals surface area contributed by atoms with E-state index in [-0.39, 0.29) is 53.5 Å². The Balaban J connectivity index is 0.000000130. The summed E-state index contributed by atoms with van der Waals surface area (Å²) in [6.45, 7) is 0. The predicted octanol–water partition coefficient (Wildman–Crippen LogP) is 23.4. The van der Waals surface area contributed by atoms with Crippen LogP contribution in [0, 0.1) is 0 Å². The zero-order valence-corrected chi connectivity index (χ0v) is 53.0. The molecular formula is C94H60N4. The van der Waals surface area contributed by atoms with Gasteiger partial charge in [-0.25, -0.2) is 0 Å².